The number of carbonyl (C=O) groups is 2. The van der Waals surface area contributed by atoms with Crippen LogP contribution in [0.5, 0.6) is 0 Å². The number of nitrogens with one attached hydrogen (secondary N) is 1. The molecule has 10 heteroatoms. The lowest BCUT2D eigenvalue weighted by Crippen LogP contribution is -2.26. The second-order valence-corrected chi connectivity index (χ2v) is 9.67. The van der Waals surface area contributed by atoms with Crippen molar-refractivity contribution in [1.29, 1.82) is 0 Å². The number of ether oxygens (including phenoxy) is 1. The first-order valence-electron chi connectivity index (χ1n) is 11.0. The first kappa shape index (κ1) is 23.8. The summed E-state index contributed by atoms with van der Waals surface area (Å²) >= 11 is 1.06. The SMILES string of the molecule is Cc1oc(-c2ccccc2C(F)(F)F)nc1COC1CCCC(CCC2SC(=O)NC2=O)C1. The van der Waals surface area contributed by atoms with Crippen molar-refractivity contribution < 1.29 is 31.9 Å². The minimum Gasteiger partial charge on any atom is -0.441 e. The summed E-state index contributed by atoms with van der Waals surface area (Å²) in [4.78, 5) is 27.3. The van der Waals surface area contributed by atoms with Gasteiger partial charge in [0.05, 0.1) is 23.5 Å². The molecule has 1 N–H and O–H groups in total. The molecular weight excluding hydrogens is 457 g/mol. The fraction of sp³-hybridized carbons (Fsp3) is 0.522. The van der Waals surface area contributed by atoms with Gasteiger partial charge >= 0.3 is 6.18 Å². The Morgan fingerprint density at radius 1 is 1.21 bits per heavy atom. The van der Waals surface area contributed by atoms with Gasteiger partial charge in [0.2, 0.25) is 11.8 Å². The quantitative estimate of drug-likeness (QED) is 0.531. The standard InChI is InChI=1S/C23H25F3N2O4S/c1-13-18(27-21(32-13)16-7-2-3-8-17(16)23(24,25)26)12-31-15-6-4-5-14(11-15)9-10-19-20(29)28-22(30)33-19/h2-3,7-8,14-15,19H,4-6,9-12H2,1H3,(H,28,29,30). The highest BCUT2D eigenvalue weighted by atomic mass is 32.2. The van der Waals surface area contributed by atoms with Crippen molar-refractivity contribution in [2.75, 3.05) is 0 Å². The predicted octanol–water partition coefficient (Wildman–Crippen LogP) is 5.88. The van der Waals surface area contributed by atoms with E-state index in [9.17, 15) is 22.8 Å². The summed E-state index contributed by atoms with van der Waals surface area (Å²) < 4.78 is 51.6. The number of nitrogens with zero attached hydrogens (tertiary/aromatic N) is 1. The van der Waals surface area contributed by atoms with Crippen LogP contribution in [0.3, 0.4) is 0 Å². The van der Waals surface area contributed by atoms with E-state index in [4.69, 9.17) is 9.15 Å². The molecule has 0 radical (unpaired) electrons. The Labute approximate surface area is 193 Å². The summed E-state index contributed by atoms with van der Waals surface area (Å²) in [5.41, 5.74) is -0.393. The number of carbonyl (C=O) groups excluding carboxylic acids is 2. The van der Waals surface area contributed by atoms with E-state index in [0.717, 1.165) is 49.9 Å². The lowest BCUT2D eigenvalue weighted by Gasteiger charge is -2.29. The van der Waals surface area contributed by atoms with Gasteiger partial charge in [-0.25, -0.2) is 4.98 Å². The molecule has 33 heavy (non-hydrogen) atoms. The van der Waals surface area contributed by atoms with Crippen molar-refractivity contribution in [3.05, 3.63) is 41.3 Å². The Morgan fingerprint density at radius 3 is 2.73 bits per heavy atom. The van der Waals surface area contributed by atoms with Crippen LogP contribution < -0.4 is 5.32 Å². The van der Waals surface area contributed by atoms with E-state index >= 15 is 0 Å². The number of imide groups is 1. The average Bonchev–Trinajstić information content (AvgIpc) is 3.31. The number of aryl methyl sites for hydroxylation is 1. The molecule has 1 saturated heterocycles. The maximum absolute atomic E-state index is 13.3. The second-order valence-electron chi connectivity index (χ2n) is 8.49. The Hall–Kier alpha value is -2.33. The van der Waals surface area contributed by atoms with Gasteiger partial charge in [0, 0.05) is 5.56 Å². The molecule has 178 valence electrons. The van der Waals surface area contributed by atoms with E-state index in [2.05, 4.69) is 10.3 Å². The number of aromatic nitrogens is 1. The molecule has 2 heterocycles. The van der Waals surface area contributed by atoms with E-state index in [1.165, 1.54) is 18.2 Å². The van der Waals surface area contributed by atoms with Crippen LogP contribution in [0.1, 0.15) is 55.5 Å². The highest BCUT2D eigenvalue weighted by Gasteiger charge is 2.35. The molecule has 1 aliphatic carbocycles. The highest BCUT2D eigenvalue weighted by molar-refractivity contribution is 8.15. The number of hydrogen-bond donors (Lipinski definition) is 1. The normalized spacial score (nSPS) is 23.7. The predicted molar refractivity (Wildman–Crippen MR) is 116 cm³/mol. The number of benzene rings is 1. The van der Waals surface area contributed by atoms with Gasteiger partial charge in [0.25, 0.3) is 5.24 Å². The minimum absolute atomic E-state index is 0.0115. The molecule has 2 fully saturated rings. The summed E-state index contributed by atoms with van der Waals surface area (Å²) in [7, 11) is 0. The Bertz CT molecular complexity index is 1020. The zero-order chi connectivity index (χ0) is 23.6. The van der Waals surface area contributed by atoms with Gasteiger partial charge in [0.15, 0.2) is 0 Å². The van der Waals surface area contributed by atoms with Crippen molar-refractivity contribution in [2.45, 2.75) is 69.6 Å². The van der Waals surface area contributed by atoms with Gasteiger partial charge in [-0.15, -0.1) is 0 Å². The van der Waals surface area contributed by atoms with Crippen LogP contribution in [-0.2, 0) is 22.3 Å². The van der Waals surface area contributed by atoms with E-state index < -0.39 is 11.7 Å². The van der Waals surface area contributed by atoms with Crippen molar-refractivity contribution >= 4 is 22.9 Å². The summed E-state index contributed by atoms with van der Waals surface area (Å²) in [6, 6.07) is 5.21. The van der Waals surface area contributed by atoms with Crippen LogP contribution in [0, 0.1) is 12.8 Å². The molecule has 3 unspecified atom stereocenters. The number of hydrogen-bond acceptors (Lipinski definition) is 6. The third-order valence-corrected chi connectivity index (χ3v) is 7.20. The fourth-order valence-corrected chi connectivity index (χ4v) is 5.25. The van der Waals surface area contributed by atoms with Gasteiger partial charge < -0.3 is 9.15 Å². The minimum atomic E-state index is -4.50. The Balaban J connectivity index is 1.34. The van der Waals surface area contributed by atoms with Gasteiger partial charge in [-0.2, -0.15) is 13.2 Å². The van der Waals surface area contributed by atoms with E-state index in [0.29, 0.717) is 23.8 Å². The number of thioether (sulfide) groups is 1. The zero-order valence-electron chi connectivity index (χ0n) is 18.1. The Kier molecular flexibility index (Phi) is 7.13. The summed E-state index contributed by atoms with van der Waals surface area (Å²) in [6.07, 6.45) is 0.801. The summed E-state index contributed by atoms with van der Waals surface area (Å²) in [5.74, 6) is 0.559. The summed E-state index contributed by atoms with van der Waals surface area (Å²) in [6.45, 7) is 1.83. The van der Waals surface area contributed by atoms with Gasteiger partial charge in [-0.1, -0.05) is 36.7 Å². The third kappa shape index (κ3) is 5.78. The molecule has 1 saturated carbocycles. The number of halogens is 3. The molecule has 1 aromatic heterocycles. The maximum Gasteiger partial charge on any atom is 0.417 e. The first-order valence-corrected chi connectivity index (χ1v) is 11.8. The molecule has 2 aromatic rings. The fourth-order valence-electron chi connectivity index (χ4n) is 4.42. The van der Waals surface area contributed by atoms with Crippen LogP contribution in [0.15, 0.2) is 28.7 Å². The summed E-state index contributed by atoms with van der Waals surface area (Å²) in [5, 5.41) is 1.72. The molecule has 6 nitrogen and oxygen atoms in total. The largest absolute Gasteiger partial charge is 0.441 e. The third-order valence-electron chi connectivity index (χ3n) is 6.15. The topological polar surface area (TPSA) is 81.4 Å². The molecule has 0 bridgehead atoms. The zero-order valence-corrected chi connectivity index (χ0v) is 18.9. The van der Waals surface area contributed by atoms with Gasteiger partial charge in [-0.3, -0.25) is 14.9 Å². The monoisotopic (exact) mass is 482 g/mol. The van der Waals surface area contributed by atoms with Crippen LogP contribution in [0.2, 0.25) is 0 Å². The number of rotatable bonds is 7. The first-order chi connectivity index (χ1) is 15.7. The second kappa shape index (κ2) is 9.89. The molecule has 0 spiro atoms. The van der Waals surface area contributed by atoms with E-state index in [1.807, 2.05) is 0 Å². The number of oxazole rings is 1. The highest BCUT2D eigenvalue weighted by Crippen LogP contribution is 2.37. The van der Waals surface area contributed by atoms with Crippen molar-refractivity contribution in [2.24, 2.45) is 5.92 Å². The van der Waals surface area contributed by atoms with Crippen molar-refractivity contribution in [3.63, 3.8) is 0 Å². The van der Waals surface area contributed by atoms with Crippen molar-refractivity contribution in [3.8, 4) is 11.5 Å². The van der Waals surface area contributed by atoms with Gasteiger partial charge in [-0.05, 0) is 50.7 Å². The smallest absolute Gasteiger partial charge is 0.417 e. The van der Waals surface area contributed by atoms with E-state index in [1.54, 1.807) is 6.92 Å². The number of amides is 2. The Morgan fingerprint density at radius 2 is 2.00 bits per heavy atom. The molecule has 1 aliphatic heterocycles. The van der Waals surface area contributed by atoms with Crippen LogP contribution in [0.25, 0.3) is 11.5 Å². The average molecular weight is 483 g/mol. The molecule has 2 aliphatic rings. The molecule has 3 atom stereocenters. The van der Waals surface area contributed by atoms with Crippen LogP contribution in [0.4, 0.5) is 18.0 Å². The number of alkyl halides is 3. The van der Waals surface area contributed by atoms with Crippen molar-refractivity contribution in [1.82, 2.24) is 10.3 Å². The van der Waals surface area contributed by atoms with Crippen LogP contribution >= 0.6 is 11.8 Å². The molecule has 4 rings (SSSR count). The lowest BCUT2D eigenvalue weighted by molar-refractivity contribution is -0.137. The molecular formula is C23H25F3N2O4S. The van der Waals surface area contributed by atoms with Crippen LogP contribution in [-0.4, -0.2) is 27.5 Å². The van der Waals surface area contributed by atoms with E-state index in [-0.39, 0.29) is 40.6 Å². The maximum atomic E-state index is 13.3. The molecule has 2 amide bonds. The molecule has 1 aromatic carbocycles. The lowest BCUT2D eigenvalue weighted by atomic mass is 9.84. The van der Waals surface area contributed by atoms with Gasteiger partial charge in [0.1, 0.15) is 11.5 Å².